The fraction of sp³-hybridized carbons (Fsp3) is 0.750. The van der Waals surface area contributed by atoms with E-state index in [-0.39, 0.29) is 5.91 Å². The predicted octanol–water partition coefficient (Wildman–Crippen LogP) is 2.36. The molecule has 1 aliphatic heterocycles. The number of allylic oxidation sites excluding steroid dienone is 2. The smallest absolute Gasteiger partial charge is 0.219 e. The molecule has 0 unspecified atom stereocenters. The van der Waals surface area contributed by atoms with Crippen LogP contribution in [0.5, 0.6) is 0 Å². The van der Waals surface area contributed by atoms with Crippen molar-refractivity contribution < 1.29 is 4.79 Å². The molecule has 1 aliphatic carbocycles. The summed E-state index contributed by atoms with van der Waals surface area (Å²) in [5.74, 6) is 0.242. The third-order valence-electron chi connectivity index (χ3n) is 3.83. The molecule has 1 spiro atoms. The zero-order valence-electron chi connectivity index (χ0n) is 8.96. The topological polar surface area (TPSA) is 20.3 Å². The van der Waals surface area contributed by atoms with Crippen LogP contribution in [0.15, 0.2) is 12.2 Å². The average Bonchev–Trinajstić information content (AvgIpc) is 2.19. The molecule has 0 aromatic heterocycles. The van der Waals surface area contributed by atoms with Crippen LogP contribution in [0.1, 0.15) is 39.0 Å². The van der Waals surface area contributed by atoms with Crippen LogP contribution >= 0.6 is 0 Å². The quantitative estimate of drug-likeness (QED) is 0.541. The molecule has 1 saturated heterocycles. The van der Waals surface area contributed by atoms with Crippen molar-refractivity contribution in [3.63, 3.8) is 0 Å². The number of hydrogen-bond acceptors (Lipinski definition) is 1. The Kier molecular flexibility index (Phi) is 2.62. The summed E-state index contributed by atoms with van der Waals surface area (Å²) < 4.78 is 0. The first kappa shape index (κ1) is 9.75. The molecule has 78 valence electrons. The Balaban J connectivity index is 1.94. The molecule has 14 heavy (non-hydrogen) atoms. The fourth-order valence-corrected chi connectivity index (χ4v) is 2.69. The van der Waals surface area contributed by atoms with E-state index < -0.39 is 0 Å². The van der Waals surface area contributed by atoms with Crippen molar-refractivity contribution in [2.24, 2.45) is 5.41 Å². The van der Waals surface area contributed by atoms with Crippen molar-refractivity contribution in [1.29, 1.82) is 0 Å². The second-order valence-electron chi connectivity index (χ2n) is 4.72. The molecule has 0 saturated carbocycles. The lowest BCUT2D eigenvalue weighted by Crippen LogP contribution is -2.42. The average molecular weight is 193 g/mol. The van der Waals surface area contributed by atoms with E-state index in [0.29, 0.717) is 5.41 Å². The number of carbonyl (C=O) groups excluding carboxylic acids is 1. The molecule has 0 aromatic rings. The van der Waals surface area contributed by atoms with Crippen molar-refractivity contribution >= 4 is 5.91 Å². The Hall–Kier alpha value is -0.790. The maximum absolute atomic E-state index is 11.2. The summed E-state index contributed by atoms with van der Waals surface area (Å²) in [6, 6.07) is 0. The molecule has 0 radical (unpaired) electrons. The molecule has 0 bridgehead atoms. The van der Waals surface area contributed by atoms with Gasteiger partial charge in [0.2, 0.25) is 5.91 Å². The maximum atomic E-state index is 11.2. The summed E-state index contributed by atoms with van der Waals surface area (Å²) in [5.41, 5.74) is 0.542. The third kappa shape index (κ3) is 1.84. The Morgan fingerprint density at radius 2 is 1.93 bits per heavy atom. The van der Waals surface area contributed by atoms with Crippen LogP contribution in [0.3, 0.4) is 0 Å². The van der Waals surface area contributed by atoms with Gasteiger partial charge in [0.25, 0.3) is 0 Å². The molecule has 2 rings (SSSR count). The standard InChI is InChI=1S/C12H19NO/c1-11(14)13-9-7-12(8-10-13)5-3-2-4-6-12/h2-3H,4-10H2,1H3. The second kappa shape index (κ2) is 3.76. The minimum atomic E-state index is 0.242. The van der Waals surface area contributed by atoms with Gasteiger partial charge in [-0.05, 0) is 37.5 Å². The predicted molar refractivity (Wildman–Crippen MR) is 56.9 cm³/mol. The van der Waals surface area contributed by atoms with Crippen LogP contribution < -0.4 is 0 Å². The number of likely N-dealkylation sites (tertiary alicyclic amines) is 1. The molecular weight excluding hydrogens is 174 g/mol. The fourth-order valence-electron chi connectivity index (χ4n) is 2.69. The van der Waals surface area contributed by atoms with Crippen molar-refractivity contribution in [1.82, 2.24) is 4.90 Å². The van der Waals surface area contributed by atoms with E-state index in [1.165, 1.54) is 32.1 Å². The van der Waals surface area contributed by atoms with Gasteiger partial charge in [-0.3, -0.25) is 4.79 Å². The highest BCUT2D eigenvalue weighted by Gasteiger charge is 2.34. The van der Waals surface area contributed by atoms with Crippen molar-refractivity contribution in [2.45, 2.75) is 39.0 Å². The van der Waals surface area contributed by atoms with Gasteiger partial charge >= 0.3 is 0 Å². The van der Waals surface area contributed by atoms with Gasteiger partial charge in [0.15, 0.2) is 0 Å². The van der Waals surface area contributed by atoms with Gasteiger partial charge < -0.3 is 4.90 Å². The van der Waals surface area contributed by atoms with Crippen LogP contribution in [0.2, 0.25) is 0 Å². The molecule has 0 atom stereocenters. The monoisotopic (exact) mass is 193 g/mol. The van der Waals surface area contributed by atoms with Crippen molar-refractivity contribution in [3.05, 3.63) is 12.2 Å². The molecule has 2 nitrogen and oxygen atoms in total. The molecule has 0 N–H and O–H groups in total. The van der Waals surface area contributed by atoms with E-state index in [0.717, 1.165) is 13.1 Å². The van der Waals surface area contributed by atoms with Gasteiger partial charge in [-0.1, -0.05) is 12.2 Å². The van der Waals surface area contributed by atoms with Crippen LogP contribution in [-0.4, -0.2) is 23.9 Å². The largest absolute Gasteiger partial charge is 0.343 e. The van der Waals surface area contributed by atoms with E-state index in [9.17, 15) is 4.79 Å². The Morgan fingerprint density at radius 1 is 1.21 bits per heavy atom. The molecule has 2 aliphatic rings. The van der Waals surface area contributed by atoms with E-state index in [1.54, 1.807) is 6.92 Å². The van der Waals surface area contributed by atoms with Gasteiger partial charge in [-0.25, -0.2) is 0 Å². The molecular formula is C12H19NO. The summed E-state index contributed by atoms with van der Waals surface area (Å²) in [7, 11) is 0. The normalized spacial score (nSPS) is 25.4. The highest BCUT2D eigenvalue weighted by molar-refractivity contribution is 5.73. The number of hydrogen-bond donors (Lipinski definition) is 0. The summed E-state index contributed by atoms with van der Waals surface area (Å²) in [6.45, 7) is 3.63. The first-order chi connectivity index (χ1) is 6.72. The Bertz CT molecular complexity index is 249. The van der Waals surface area contributed by atoms with Crippen molar-refractivity contribution in [2.75, 3.05) is 13.1 Å². The van der Waals surface area contributed by atoms with E-state index >= 15 is 0 Å². The number of rotatable bonds is 0. The molecule has 1 heterocycles. The third-order valence-corrected chi connectivity index (χ3v) is 3.83. The Morgan fingerprint density at radius 3 is 2.43 bits per heavy atom. The number of nitrogens with zero attached hydrogens (tertiary/aromatic N) is 1. The van der Waals surface area contributed by atoms with E-state index in [2.05, 4.69) is 12.2 Å². The van der Waals surface area contributed by atoms with Crippen LogP contribution in [0.25, 0.3) is 0 Å². The minimum Gasteiger partial charge on any atom is -0.343 e. The van der Waals surface area contributed by atoms with Crippen LogP contribution in [0, 0.1) is 5.41 Å². The SMILES string of the molecule is CC(=O)N1CCC2(CC=CCC2)CC1. The van der Waals surface area contributed by atoms with Crippen LogP contribution in [-0.2, 0) is 4.79 Å². The number of piperidine rings is 1. The molecule has 1 fully saturated rings. The van der Waals surface area contributed by atoms with Gasteiger partial charge in [-0.15, -0.1) is 0 Å². The van der Waals surface area contributed by atoms with Gasteiger partial charge in [0.05, 0.1) is 0 Å². The first-order valence-electron chi connectivity index (χ1n) is 5.62. The van der Waals surface area contributed by atoms with Crippen molar-refractivity contribution in [3.8, 4) is 0 Å². The molecule has 2 heteroatoms. The highest BCUT2D eigenvalue weighted by atomic mass is 16.2. The minimum absolute atomic E-state index is 0.242. The second-order valence-corrected chi connectivity index (χ2v) is 4.72. The first-order valence-corrected chi connectivity index (χ1v) is 5.62. The summed E-state index contributed by atoms with van der Waals surface area (Å²) in [6.07, 6.45) is 10.8. The van der Waals surface area contributed by atoms with Gasteiger partial charge in [0, 0.05) is 20.0 Å². The summed E-state index contributed by atoms with van der Waals surface area (Å²) in [5, 5.41) is 0. The lowest BCUT2D eigenvalue weighted by molar-refractivity contribution is -0.131. The summed E-state index contributed by atoms with van der Waals surface area (Å²) >= 11 is 0. The maximum Gasteiger partial charge on any atom is 0.219 e. The van der Waals surface area contributed by atoms with E-state index in [1.807, 2.05) is 4.90 Å². The zero-order valence-corrected chi connectivity index (χ0v) is 8.96. The summed E-state index contributed by atoms with van der Waals surface area (Å²) in [4.78, 5) is 13.2. The highest BCUT2D eigenvalue weighted by Crippen LogP contribution is 2.41. The molecule has 0 aromatic carbocycles. The number of amides is 1. The lowest BCUT2D eigenvalue weighted by atomic mass is 9.70. The lowest BCUT2D eigenvalue weighted by Gasteiger charge is -2.42. The number of carbonyl (C=O) groups is 1. The molecule has 1 amide bonds. The van der Waals surface area contributed by atoms with E-state index in [4.69, 9.17) is 0 Å². The van der Waals surface area contributed by atoms with Crippen LogP contribution in [0.4, 0.5) is 0 Å². The zero-order chi connectivity index (χ0) is 10.0. The Labute approximate surface area is 86.0 Å². The van der Waals surface area contributed by atoms with Gasteiger partial charge in [0.1, 0.15) is 0 Å². The van der Waals surface area contributed by atoms with Gasteiger partial charge in [-0.2, -0.15) is 0 Å².